The molecule has 0 spiro atoms. The number of hydrogen-bond donors (Lipinski definition) is 2. The highest BCUT2D eigenvalue weighted by atomic mass is 19.4. The van der Waals surface area contributed by atoms with Crippen molar-refractivity contribution in [2.45, 2.75) is 53.0 Å². The fourth-order valence-electron chi connectivity index (χ4n) is 4.52. The zero-order chi connectivity index (χ0) is 32.6. The van der Waals surface area contributed by atoms with Crippen molar-refractivity contribution < 1.29 is 37.2 Å². The molecule has 2 N–H and O–H groups in total. The van der Waals surface area contributed by atoms with Crippen LogP contribution in [-0.2, 0) is 31.8 Å². The van der Waals surface area contributed by atoms with E-state index in [-0.39, 0.29) is 30.9 Å². The number of nitro groups is 1. The summed E-state index contributed by atoms with van der Waals surface area (Å²) in [7, 11) is 0. The molecule has 3 aromatic carbocycles. The van der Waals surface area contributed by atoms with Crippen LogP contribution in [0.4, 0.5) is 24.5 Å². The summed E-state index contributed by atoms with van der Waals surface area (Å²) >= 11 is 0. The van der Waals surface area contributed by atoms with Crippen molar-refractivity contribution in [3.63, 3.8) is 0 Å². The molecule has 0 fully saturated rings. The van der Waals surface area contributed by atoms with Gasteiger partial charge in [-0.3, -0.25) is 20.3 Å². The minimum atomic E-state index is -4.99. The van der Waals surface area contributed by atoms with Gasteiger partial charge in [-0.15, -0.1) is 0 Å². The second-order valence-electron chi connectivity index (χ2n) is 10.1. The Balaban J connectivity index is 2.16. The average molecular weight is 612 g/mol. The Bertz CT molecular complexity index is 1570. The lowest BCUT2D eigenvalue weighted by Crippen LogP contribution is -2.28. The first-order valence-corrected chi connectivity index (χ1v) is 13.6. The van der Waals surface area contributed by atoms with Crippen molar-refractivity contribution in [2.24, 2.45) is 0 Å². The van der Waals surface area contributed by atoms with Crippen molar-refractivity contribution in [3.05, 3.63) is 116 Å². The number of benzene rings is 3. The molecular weight excluding hydrogens is 579 g/mol. The Morgan fingerprint density at radius 3 is 2.23 bits per heavy atom. The molecule has 9 nitrogen and oxygen atoms in total. The molecule has 44 heavy (non-hydrogen) atoms. The van der Waals surface area contributed by atoms with E-state index < -0.39 is 51.6 Å². The standard InChI is InChI=1S/C32H32F3N3O6/c1-5-43-31(40)28(30(39)37-27-17-24(38(41)42)11-12-26(27)32(33,34)35)25(29(36)23-14-19(2)13-20(3)15-23)16-21(4)44-18-22-9-7-6-8-10-22/h6-15,17,21,36H,5,16,18H2,1-4H3,(H,37,39)/b28-25+,36-29?. The van der Waals surface area contributed by atoms with Gasteiger partial charge in [-0.2, -0.15) is 13.2 Å². The zero-order valence-electron chi connectivity index (χ0n) is 24.6. The van der Waals surface area contributed by atoms with Crippen molar-refractivity contribution in [1.29, 1.82) is 5.41 Å². The zero-order valence-corrected chi connectivity index (χ0v) is 24.6. The van der Waals surface area contributed by atoms with Gasteiger partial charge in [0.2, 0.25) is 0 Å². The Hall–Kier alpha value is -4.84. The number of nitrogens with zero attached hydrogens (tertiary/aromatic N) is 1. The number of nitro benzene ring substituents is 1. The van der Waals surface area contributed by atoms with Crippen LogP contribution in [0, 0.1) is 29.4 Å². The number of anilines is 1. The molecule has 0 aliphatic heterocycles. The van der Waals surface area contributed by atoms with Crippen molar-refractivity contribution in [2.75, 3.05) is 11.9 Å². The number of non-ortho nitro benzene ring substituents is 1. The molecular formula is C32H32F3N3O6. The van der Waals surface area contributed by atoms with Gasteiger partial charge in [0, 0.05) is 29.7 Å². The van der Waals surface area contributed by atoms with E-state index in [0.29, 0.717) is 23.8 Å². The van der Waals surface area contributed by atoms with E-state index in [4.69, 9.17) is 14.9 Å². The number of halogens is 3. The van der Waals surface area contributed by atoms with E-state index in [1.807, 2.05) is 41.7 Å². The van der Waals surface area contributed by atoms with Gasteiger partial charge in [0.15, 0.2) is 0 Å². The number of amides is 1. The highest BCUT2D eigenvalue weighted by Gasteiger charge is 2.36. The van der Waals surface area contributed by atoms with Crippen molar-refractivity contribution in [3.8, 4) is 0 Å². The lowest BCUT2D eigenvalue weighted by Gasteiger charge is -2.21. The third kappa shape index (κ3) is 8.83. The lowest BCUT2D eigenvalue weighted by atomic mass is 9.91. The molecule has 3 aromatic rings. The van der Waals surface area contributed by atoms with Crippen LogP contribution in [0.1, 0.15) is 48.1 Å². The predicted molar refractivity (Wildman–Crippen MR) is 158 cm³/mol. The first kappa shape index (κ1) is 33.7. The molecule has 0 saturated heterocycles. The first-order chi connectivity index (χ1) is 20.7. The van der Waals surface area contributed by atoms with Gasteiger partial charge in [0.05, 0.1) is 41.2 Å². The highest BCUT2D eigenvalue weighted by molar-refractivity contribution is 6.27. The van der Waals surface area contributed by atoms with Crippen LogP contribution in [-0.4, -0.2) is 35.2 Å². The molecule has 0 radical (unpaired) electrons. The fraction of sp³-hybridized carbons (Fsp3) is 0.281. The maximum absolute atomic E-state index is 13.8. The van der Waals surface area contributed by atoms with E-state index in [0.717, 1.165) is 16.7 Å². The van der Waals surface area contributed by atoms with Crippen LogP contribution in [0.3, 0.4) is 0 Å². The molecule has 3 rings (SSSR count). The van der Waals surface area contributed by atoms with Gasteiger partial charge < -0.3 is 14.8 Å². The highest BCUT2D eigenvalue weighted by Crippen LogP contribution is 2.37. The summed E-state index contributed by atoms with van der Waals surface area (Å²) in [6.45, 7) is 6.76. The molecule has 0 bridgehead atoms. The summed E-state index contributed by atoms with van der Waals surface area (Å²) in [5.41, 5.74) is -1.28. The van der Waals surface area contributed by atoms with Gasteiger partial charge in [0.25, 0.3) is 11.6 Å². The minimum Gasteiger partial charge on any atom is -0.462 e. The van der Waals surface area contributed by atoms with E-state index in [1.54, 1.807) is 32.9 Å². The number of aryl methyl sites for hydroxylation is 2. The number of rotatable bonds is 12. The largest absolute Gasteiger partial charge is 0.462 e. The van der Waals surface area contributed by atoms with E-state index >= 15 is 0 Å². The van der Waals surface area contributed by atoms with Gasteiger partial charge >= 0.3 is 12.1 Å². The number of nitrogens with one attached hydrogen (secondary N) is 2. The smallest absolute Gasteiger partial charge is 0.418 e. The number of alkyl halides is 3. The van der Waals surface area contributed by atoms with Crippen LogP contribution in [0.25, 0.3) is 0 Å². The SMILES string of the molecule is CCOC(=O)/C(C(=O)Nc1cc([N+](=O)[O-])ccc1C(F)(F)F)=C(\CC(C)OCc1ccccc1)C(=N)c1cc(C)cc(C)c1. The number of hydrogen-bond acceptors (Lipinski definition) is 7. The van der Waals surface area contributed by atoms with Crippen LogP contribution >= 0.6 is 0 Å². The molecule has 0 heterocycles. The summed E-state index contributed by atoms with van der Waals surface area (Å²) in [6.07, 6.45) is -5.82. The maximum atomic E-state index is 13.8. The normalized spacial score (nSPS) is 12.6. The maximum Gasteiger partial charge on any atom is 0.418 e. The Kier molecular flexibility index (Phi) is 11.1. The summed E-state index contributed by atoms with van der Waals surface area (Å²) in [5.74, 6) is -2.50. The molecule has 1 amide bonds. The number of carbonyl (C=O) groups excluding carboxylic acids is 2. The van der Waals surface area contributed by atoms with E-state index in [1.165, 1.54) is 6.92 Å². The lowest BCUT2D eigenvalue weighted by molar-refractivity contribution is -0.384. The Labute approximate surface area is 252 Å². The van der Waals surface area contributed by atoms with Crippen LogP contribution in [0.15, 0.2) is 77.9 Å². The molecule has 0 aliphatic carbocycles. The molecule has 12 heteroatoms. The Morgan fingerprint density at radius 1 is 1.02 bits per heavy atom. The summed E-state index contributed by atoms with van der Waals surface area (Å²) < 4.78 is 52.5. The number of ether oxygens (including phenoxy) is 2. The summed E-state index contributed by atoms with van der Waals surface area (Å²) in [5, 5.41) is 22.4. The minimum absolute atomic E-state index is 0.134. The van der Waals surface area contributed by atoms with Crippen LogP contribution in [0.5, 0.6) is 0 Å². The third-order valence-corrected chi connectivity index (χ3v) is 6.46. The van der Waals surface area contributed by atoms with Gasteiger partial charge in [-0.1, -0.05) is 47.5 Å². The van der Waals surface area contributed by atoms with E-state index in [9.17, 15) is 32.9 Å². The fourth-order valence-corrected chi connectivity index (χ4v) is 4.52. The first-order valence-electron chi connectivity index (χ1n) is 13.6. The van der Waals surface area contributed by atoms with Crippen LogP contribution in [0.2, 0.25) is 0 Å². The average Bonchev–Trinajstić information content (AvgIpc) is 2.95. The third-order valence-electron chi connectivity index (χ3n) is 6.46. The molecule has 1 atom stereocenters. The second-order valence-corrected chi connectivity index (χ2v) is 10.1. The molecule has 0 aliphatic rings. The van der Waals surface area contributed by atoms with Crippen molar-refractivity contribution in [1.82, 2.24) is 0 Å². The number of esters is 1. The topological polar surface area (TPSA) is 132 Å². The van der Waals surface area contributed by atoms with E-state index in [2.05, 4.69) is 0 Å². The monoisotopic (exact) mass is 611 g/mol. The summed E-state index contributed by atoms with van der Waals surface area (Å²) in [6, 6.07) is 16.1. The van der Waals surface area contributed by atoms with Gasteiger partial charge in [-0.05, 0) is 51.5 Å². The van der Waals surface area contributed by atoms with Gasteiger partial charge in [-0.25, -0.2) is 4.79 Å². The number of carbonyl (C=O) groups is 2. The molecule has 232 valence electrons. The summed E-state index contributed by atoms with van der Waals surface area (Å²) in [4.78, 5) is 37.4. The quantitative estimate of drug-likeness (QED) is 0.0428. The molecule has 0 saturated carbocycles. The molecule has 0 aromatic heterocycles. The predicted octanol–water partition coefficient (Wildman–Crippen LogP) is 7.09. The van der Waals surface area contributed by atoms with Crippen LogP contribution < -0.4 is 5.32 Å². The Morgan fingerprint density at radius 2 is 1.66 bits per heavy atom. The van der Waals surface area contributed by atoms with Gasteiger partial charge in [0.1, 0.15) is 5.57 Å². The molecule has 1 unspecified atom stereocenters. The van der Waals surface area contributed by atoms with Crippen molar-refractivity contribution >= 4 is 29.0 Å². The second kappa shape index (κ2) is 14.6.